The van der Waals surface area contributed by atoms with Crippen molar-refractivity contribution >= 4 is 22.5 Å². The van der Waals surface area contributed by atoms with Gasteiger partial charge in [-0.05, 0) is 50.3 Å². The molecule has 5 rings (SSSR count). The lowest BCUT2D eigenvalue weighted by atomic mass is 9.94. The topological polar surface area (TPSA) is 51.4 Å². The molecule has 0 unspecified atom stereocenters. The van der Waals surface area contributed by atoms with Crippen molar-refractivity contribution in [2.75, 3.05) is 31.1 Å². The summed E-state index contributed by atoms with van der Waals surface area (Å²) in [4.78, 5) is 7.82. The number of benzene rings is 1. The summed E-state index contributed by atoms with van der Waals surface area (Å²) in [5.41, 5.74) is 4.93. The molecule has 0 atom stereocenters. The number of nitrogens with one attached hydrogen (secondary N) is 2. The van der Waals surface area contributed by atoms with E-state index < -0.39 is 0 Å². The second-order valence-electron chi connectivity index (χ2n) is 8.48. The van der Waals surface area contributed by atoms with Crippen molar-refractivity contribution in [2.45, 2.75) is 45.1 Å². The standard InChI is InChI=1S/C23H27N5/c1-17-15-22(27-13-11-26(12-14-27)18-7-3-2-4-8-18)28-21-10-6-5-9-20(21)25-23(28)19(17)16-24/h5-6,9-10,15,18H,2-4,7-8,11-14H2,1H3/p+2. The second kappa shape index (κ2) is 7.10. The lowest BCUT2D eigenvalue weighted by molar-refractivity contribution is -0.927. The molecule has 2 N–H and O–H groups in total. The summed E-state index contributed by atoms with van der Waals surface area (Å²) in [6.07, 6.45) is 7.08. The number of nitrogens with zero attached hydrogens (tertiary/aromatic N) is 3. The number of quaternary nitrogens is 1. The minimum atomic E-state index is 0.742. The molecule has 0 bridgehead atoms. The van der Waals surface area contributed by atoms with Crippen molar-refractivity contribution in [3.63, 3.8) is 0 Å². The quantitative estimate of drug-likeness (QED) is 0.674. The smallest absolute Gasteiger partial charge is 0.250 e. The van der Waals surface area contributed by atoms with E-state index in [1.54, 1.807) is 4.90 Å². The molecule has 5 nitrogen and oxygen atoms in total. The highest BCUT2D eigenvalue weighted by Crippen LogP contribution is 2.22. The number of H-pyrrole nitrogens is 1. The van der Waals surface area contributed by atoms with E-state index in [1.165, 1.54) is 51.0 Å². The van der Waals surface area contributed by atoms with Crippen LogP contribution in [0.5, 0.6) is 0 Å². The zero-order valence-electron chi connectivity index (χ0n) is 16.7. The summed E-state index contributed by atoms with van der Waals surface area (Å²) in [6, 6.07) is 13.8. The van der Waals surface area contributed by atoms with Crippen LogP contribution in [-0.2, 0) is 0 Å². The van der Waals surface area contributed by atoms with Gasteiger partial charge in [0.15, 0.2) is 0 Å². The highest BCUT2D eigenvalue weighted by atomic mass is 15.3. The van der Waals surface area contributed by atoms with Crippen molar-refractivity contribution in [2.24, 2.45) is 0 Å². The highest BCUT2D eigenvalue weighted by Gasteiger charge is 2.32. The van der Waals surface area contributed by atoms with Crippen LogP contribution in [-0.4, -0.2) is 37.2 Å². The van der Waals surface area contributed by atoms with Crippen LogP contribution >= 0.6 is 0 Å². The average molecular weight is 376 g/mol. The fourth-order valence-electron chi connectivity index (χ4n) is 5.32. The molecular formula is C23H29N5+2. The molecule has 5 heteroatoms. The highest BCUT2D eigenvalue weighted by molar-refractivity contribution is 5.77. The lowest BCUT2D eigenvalue weighted by Gasteiger charge is -2.36. The van der Waals surface area contributed by atoms with E-state index in [1.807, 2.05) is 6.07 Å². The molecule has 3 heterocycles. The molecule has 1 aliphatic heterocycles. The maximum absolute atomic E-state index is 9.72. The number of aromatic nitrogens is 2. The number of pyridine rings is 1. The fourth-order valence-corrected chi connectivity index (χ4v) is 5.32. The molecular weight excluding hydrogens is 346 g/mol. The summed E-state index contributed by atoms with van der Waals surface area (Å²) in [5, 5.41) is 9.72. The van der Waals surface area contributed by atoms with Gasteiger partial charge in [0.05, 0.1) is 6.04 Å². The Morgan fingerprint density at radius 1 is 1.14 bits per heavy atom. The number of rotatable bonds is 2. The molecule has 2 aromatic heterocycles. The molecule has 1 saturated carbocycles. The van der Waals surface area contributed by atoms with Gasteiger partial charge in [-0.25, -0.2) is 0 Å². The first-order valence-electron chi connectivity index (χ1n) is 10.7. The predicted molar refractivity (Wildman–Crippen MR) is 111 cm³/mol. The first kappa shape index (κ1) is 17.5. The summed E-state index contributed by atoms with van der Waals surface area (Å²) >= 11 is 0. The molecule has 2 aliphatic rings. The average Bonchev–Trinajstić information content (AvgIpc) is 3.13. The Balaban J connectivity index is 1.52. The summed E-state index contributed by atoms with van der Waals surface area (Å²) < 4.78 is 2.26. The van der Waals surface area contributed by atoms with Gasteiger partial charge in [-0.1, -0.05) is 18.6 Å². The number of hydrogen-bond acceptors (Lipinski definition) is 2. The van der Waals surface area contributed by atoms with E-state index in [0.29, 0.717) is 0 Å². The number of fused-ring (bicyclic) bond motifs is 3. The van der Waals surface area contributed by atoms with Gasteiger partial charge in [0, 0.05) is 6.07 Å². The van der Waals surface area contributed by atoms with Gasteiger partial charge in [-0.15, -0.1) is 0 Å². The number of imidazole rings is 1. The molecule has 28 heavy (non-hydrogen) atoms. The van der Waals surface area contributed by atoms with Crippen LogP contribution in [0.25, 0.3) is 16.7 Å². The number of piperazine rings is 1. The van der Waals surface area contributed by atoms with E-state index in [9.17, 15) is 5.26 Å². The Morgan fingerprint density at radius 3 is 2.64 bits per heavy atom. The van der Waals surface area contributed by atoms with Gasteiger partial charge in [0.2, 0.25) is 11.5 Å². The Bertz CT molecular complexity index is 1050. The van der Waals surface area contributed by atoms with Crippen LogP contribution in [0.15, 0.2) is 30.3 Å². The Hall–Kier alpha value is -2.58. The molecule has 1 saturated heterocycles. The lowest BCUT2D eigenvalue weighted by Crippen LogP contribution is -3.18. The third-order valence-electron chi connectivity index (χ3n) is 6.85. The number of hydrogen-bond donors (Lipinski definition) is 2. The number of para-hydroxylation sites is 2. The Labute approximate surface area is 166 Å². The van der Waals surface area contributed by atoms with Crippen molar-refractivity contribution in [3.8, 4) is 6.07 Å². The summed E-state index contributed by atoms with van der Waals surface area (Å²) in [6.45, 7) is 6.65. The first-order valence-corrected chi connectivity index (χ1v) is 10.7. The molecule has 0 amide bonds. The van der Waals surface area contributed by atoms with Gasteiger partial charge < -0.3 is 4.90 Å². The number of nitriles is 1. The summed E-state index contributed by atoms with van der Waals surface area (Å²) in [7, 11) is 0. The SMILES string of the molecule is Cc1cc(N2CC[NH+](C3CCCCC3)CC2)[n+]2c([nH]c3ccccc32)c1C#N. The third-order valence-corrected chi connectivity index (χ3v) is 6.85. The second-order valence-corrected chi connectivity index (χ2v) is 8.48. The third kappa shape index (κ3) is 2.84. The van der Waals surface area contributed by atoms with Crippen molar-refractivity contribution in [3.05, 3.63) is 41.5 Å². The molecule has 1 aromatic carbocycles. The van der Waals surface area contributed by atoms with E-state index in [-0.39, 0.29) is 0 Å². The predicted octanol–water partition coefficient (Wildman–Crippen LogP) is 2.12. The van der Waals surface area contributed by atoms with Crippen LogP contribution in [0.2, 0.25) is 0 Å². The molecule has 144 valence electrons. The van der Waals surface area contributed by atoms with Crippen LogP contribution in [0.1, 0.15) is 43.2 Å². The van der Waals surface area contributed by atoms with Crippen LogP contribution in [0.4, 0.5) is 5.82 Å². The van der Waals surface area contributed by atoms with E-state index in [0.717, 1.165) is 46.9 Å². The molecule has 0 radical (unpaired) electrons. The monoisotopic (exact) mass is 375 g/mol. The minimum absolute atomic E-state index is 0.742. The summed E-state index contributed by atoms with van der Waals surface area (Å²) in [5.74, 6) is 1.21. The number of aryl methyl sites for hydroxylation is 1. The van der Waals surface area contributed by atoms with Gasteiger partial charge in [-0.3, -0.25) is 9.88 Å². The van der Waals surface area contributed by atoms with Gasteiger partial charge >= 0.3 is 0 Å². The molecule has 0 spiro atoms. The zero-order valence-corrected chi connectivity index (χ0v) is 16.7. The van der Waals surface area contributed by atoms with E-state index in [4.69, 9.17) is 0 Å². The first-order chi connectivity index (χ1) is 13.8. The maximum Gasteiger partial charge on any atom is 0.250 e. The van der Waals surface area contributed by atoms with E-state index in [2.05, 4.69) is 51.5 Å². The van der Waals surface area contributed by atoms with E-state index >= 15 is 0 Å². The van der Waals surface area contributed by atoms with Gasteiger partial charge in [0.25, 0.3) is 0 Å². The Morgan fingerprint density at radius 2 is 1.89 bits per heavy atom. The van der Waals surface area contributed by atoms with Gasteiger partial charge in [-0.2, -0.15) is 9.66 Å². The fraction of sp³-hybridized carbons (Fsp3) is 0.478. The van der Waals surface area contributed by atoms with Crippen molar-refractivity contribution in [1.29, 1.82) is 5.26 Å². The van der Waals surface area contributed by atoms with Crippen molar-refractivity contribution < 1.29 is 9.30 Å². The number of aromatic amines is 1. The number of anilines is 1. The largest absolute Gasteiger partial charge is 0.327 e. The maximum atomic E-state index is 9.72. The Kier molecular flexibility index (Phi) is 4.44. The van der Waals surface area contributed by atoms with Gasteiger partial charge in [0.1, 0.15) is 48.8 Å². The van der Waals surface area contributed by atoms with Crippen LogP contribution in [0, 0.1) is 18.3 Å². The zero-order chi connectivity index (χ0) is 19.1. The molecule has 3 aromatic rings. The minimum Gasteiger partial charge on any atom is -0.327 e. The molecule has 2 fully saturated rings. The van der Waals surface area contributed by atoms with Crippen molar-refractivity contribution in [1.82, 2.24) is 4.98 Å². The van der Waals surface area contributed by atoms with Crippen LogP contribution < -0.4 is 14.2 Å². The molecule has 1 aliphatic carbocycles. The normalized spacial score (nSPS) is 19.4. The van der Waals surface area contributed by atoms with Crippen LogP contribution in [0.3, 0.4) is 0 Å².